The first kappa shape index (κ1) is 20.1. The minimum Gasteiger partial charge on any atom is -0.382 e. The Morgan fingerprint density at radius 3 is 2.74 bits per heavy atom. The number of ether oxygens (including phenoxy) is 1. The molecular formula is C20H36N6O. The van der Waals surface area contributed by atoms with E-state index in [0.717, 1.165) is 56.9 Å². The lowest BCUT2D eigenvalue weighted by Gasteiger charge is -2.33. The molecule has 152 valence electrons. The average molecular weight is 377 g/mol. The number of aryl methyl sites for hydroxylation is 1. The first-order chi connectivity index (χ1) is 13.1. The summed E-state index contributed by atoms with van der Waals surface area (Å²) in [6.07, 6.45) is 9.24. The molecule has 0 bridgehead atoms. The van der Waals surface area contributed by atoms with Crippen molar-refractivity contribution in [3.8, 4) is 0 Å². The molecule has 0 amide bonds. The highest BCUT2D eigenvalue weighted by Gasteiger charge is 2.39. The fourth-order valence-electron chi connectivity index (χ4n) is 4.35. The summed E-state index contributed by atoms with van der Waals surface area (Å²) in [4.78, 5) is 7.38. The van der Waals surface area contributed by atoms with Gasteiger partial charge < -0.3 is 19.5 Å². The lowest BCUT2D eigenvalue weighted by atomic mass is 9.73. The van der Waals surface area contributed by atoms with E-state index < -0.39 is 0 Å². The molecule has 1 saturated heterocycles. The van der Waals surface area contributed by atoms with Crippen LogP contribution in [0.2, 0.25) is 0 Å². The van der Waals surface area contributed by atoms with Gasteiger partial charge in [0.2, 0.25) is 0 Å². The van der Waals surface area contributed by atoms with Gasteiger partial charge in [0.25, 0.3) is 0 Å². The Morgan fingerprint density at radius 1 is 1.22 bits per heavy atom. The molecule has 1 spiro atoms. The van der Waals surface area contributed by atoms with Crippen LogP contribution < -0.4 is 5.32 Å². The number of aliphatic imine (C=N–C) groups is 1. The van der Waals surface area contributed by atoms with Crippen molar-refractivity contribution in [2.24, 2.45) is 17.5 Å². The number of nitrogens with zero attached hydrogens (tertiary/aromatic N) is 5. The van der Waals surface area contributed by atoms with Crippen molar-refractivity contribution in [2.45, 2.75) is 65.3 Å². The molecule has 1 aliphatic carbocycles. The van der Waals surface area contributed by atoms with Crippen LogP contribution >= 0.6 is 0 Å². The van der Waals surface area contributed by atoms with E-state index in [4.69, 9.17) is 9.73 Å². The second-order valence-corrected chi connectivity index (χ2v) is 8.07. The third-order valence-electron chi connectivity index (χ3n) is 6.16. The first-order valence-electron chi connectivity index (χ1n) is 10.6. The first-order valence-corrected chi connectivity index (χ1v) is 10.6. The fourth-order valence-corrected chi connectivity index (χ4v) is 4.35. The van der Waals surface area contributed by atoms with Gasteiger partial charge in [-0.2, -0.15) is 0 Å². The van der Waals surface area contributed by atoms with Gasteiger partial charge in [-0.15, -0.1) is 10.2 Å². The molecule has 1 aromatic heterocycles. The van der Waals surface area contributed by atoms with Crippen molar-refractivity contribution in [3.05, 3.63) is 11.6 Å². The fraction of sp³-hybridized carbons (Fsp3) is 0.850. The van der Waals surface area contributed by atoms with Crippen LogP contribution in [0.1, 0.15) is 63.5 Å². The molecule has 0 radical (unpaired) electrons. The van der Waals surface area contributed by atoms with E-state index >= 15 is 0 Å². The van der Waals surface area contributed by atoms with Crippen molar-refractivity contribution < 1.29 is 4.74 Å². The summed E-state index contributed by atoms with van der Waals surface area (Å²) < 4.78 is 7.48. The Hall–Kier alpha value is -1.63. The monoisotopic (exact) mass is 376 g/mol. The van der Waals surface area contributed by atoms with E-state index in [2.05, 4.69) is 20.4 Å². The minimum atomic E-state index is 0.521. The highest BCUT2D eigenvalue weighted by Crippen LogP contribution is 2.43. The quantitative estimate of drug-likeness (QED) is 0.450. The Bertz CT molecular complexity index is 620. The molecule has 1 saturated carbocycles. The van der Waals surface area contributed by atoms with E-state index in [9.17, 15) is 0 Å². The maximum Gasteiger partial charge on any atom is 0.194 e. The van der Waals surface area contributed by atoms with Crippen LogP contribution in [-0.4, -0.2) is 58.5 Å². The molecule has 0 aromatic carbocycles. The van der Waals surface area contributed by atoms with Gasteiger partial charge in [-0.25, -0.2) is 4.99 Å². The maximum absolute atomic E-state index is 5.46. The van der Waals surface area contributed by atoms with Crippen LogP contribution in [0.3, 0.4) is 0 Å². The van der Waals surface area contributed by atoms with Crippen LogP contribution in [0, 0.1) is 12.3 Å². The molecule has 7 heteroatoms. The summed E-state index contributed by atoms with van der Waals surface area (Å²) in [5.41, 5.74) is 0.521. The maximum atomic E-state index is 5.46. The normalized spacial score (nSPS) is 19.8. The van der Waals surface area contributed by atoms with Crippen LogP contribution in [-0.2, 0) is 18.3 Å². The SMILES string of the molecule is CCOCCCNC(=NCc1nnc(C)n1C)N1CCC2(CCCCC2)C1. The molecule has 7 nitrogen and oxygen atoms in total. The molecule has 2 fully saturated rings. The summed E-state index contributed by atoms with van der Waals surface area (Å²) in [5.74, 6) is 2.86. The number of rotatable bonds is 7. The molecule has 1 aliphatic heterocycles. The predicted molar refractivity (Wildman–Crippen MR) is 108 cm³/mol. The zero-order chi connectivity index (χ0) is 19.1. The van der Waals surface area contributed by atoms with Gasteiger partial charge in [0, 0.05) is 39.9 Å². The van der Waals surface area contributed by atoms with E-state index in [0.29, 0.717) is 12.0 Å². The number of nitrogens with one attached hydrogen (secondary N) is 1. The molecular weight excluding hydrogens is 340 g/mol. The van der Waals surface area contributed by atoms with E-state index in [1.807, 2.05) is 25.5 Å². The Kier molecular flexibility index (Phi) is 7.10. The summed E-state index contributed by atoms with van der Waals surface area (Å²) in [6, 6.07) is 0. The number of hydrogen-bond acceptors (Lipinski definition) is 4. The van der Waals surface area contributed by atoms with E-state index in [1.165, 1.54) is 38.5 Å². The van der Waals surface area contributed by atoms with Gasteiger partial charge in [-0.1, -0.05) is 19.3 Å². The Labute approximate surface area is 163 Å². The Balaban J connectivity index is 1.63. The summed E-state index contributed by atoms with van der Waals surface area (Å²) in [5, 5.41) is 12.0. The summed E-state index contributed by atoms with van der Waals surface area (Å²) >= 11 is 0. The van der Waals surface area contributed by atoms with Gasteiger partial charge >= 0.3 is 0 Å². The standard InChI is InChI=1S/C20H36N6O/c1-4-27-14-8-12-21-19(22-15-18-24-23-17(2)25(18)3)26-13-11-20(16-26)9-6-5-7-10-20/h4-16H2,1-3H3,(H,21,22). The second kappa shape index (κ2) is 9.53. The van der Waals surface area contributed by atoms with Crippen molar-refractivity contribution in [1.82, 2.24) is 25.0 Å². The average Bonchev–Trinajstić information content (AvgIpc) is 3.22. The molecule has 3 rings (SSSR count). The van der Waals surface area contributed by atoms with Crippen molar-refractivity contribution in [2.75, 3.05) is 32.8 Å². The molecule has 0 unspecified atom stereocenters. The predicted octanol–water partition coefficient (Wildman–Crippen LogP) is 2.65. The molecule has 0 atom stereocenters. The molecule has 2 heterocycles. The third-order valence-corrected chi connectivity index (χ3v) is 6.16. The van der Waals surface area contributed by atoms with Crippen molar-refractivity contribution in [1.29, 1.82) is 0 Å². The van der Waals surface area contributed by atoms with Gasteiger partial charge in [0.1, 0.15) is 12.4 Å². The highest BCUT2D eigenvalue weighted by molar-refractivity contribution is 5.80. The molecule has 1 aromatic rings. The number of likely N-dealkylation sites (tertiary alicyclic amines) is 1. The van der Waals surface area contributed by atoms with Crippen LogP contribution in [0.25, 0.3) is 0 Å². The molecule has 1 N–H and O–H groups in total. The molecule has 2 aliphatic rings. The zero-order valence-electron chi connectivity index (χ0n) is 17.3. The summed E-state index contributed by atoms with van der Waals surface area (Å²) in [6.45, 7) is 9.29. The second-order valence-electron chi connectivity index (χ2n) is 8.07. The van der Waals surface area contributed by atoms with Crippen LogP contribution in [0.4, 0.5) is 0 Å². The van der Waals surface area contributed by atoms with Crippen LogP contribution in [0.15, 0.2) is 4.99 Å². The number of guanidine groups is 1. The van der Waals surface area contributed by atoms with E-state index in [1.54, 1.807) is 0 Å². The third kappa shape index (κ3) is 5.21. The van der Waals surface area contributed by atoms with Crippen molar-refractivity contribution >= 4 is 5.96 Å². The lowest BCUT2D eigenvalue weighted by molar-refractivity contribution is 0.145. The smallest absolute Gasteiger partial charge is 0.194 e. The van der Waals surface area contributed by atoms with Crippen LogP contribution in [0.5, 0.6) is 0 Å². The van der Waals surface area contributed by atoms with E-state index in [-0.39, 0.29) is 0 Å². The van der Waals surface area contributed by atoms with Gasteiger partial charge in [0.15, 0.2) is 11.8 Å². The molecule has 27 heavy (non-hydrogen) atoms. The topological polar surface area (TPSA) is 67.6 Å². The number of aromatic nitrogens is 3. The van der Waals surface area contributed by atoms with Gasteiger partial charge in [-0.3, -0.25) is 0 Å². The van der Waals surface area contributed by atoms with Gasteiger partial charge in [-0.05, 0) is 44.9 Å². The highest BCUT2D eigenvalue weighted by atomic mass is 16.5. The number of hydrogen-bond donors (Lipinski definition) is 1. The summed E-state index contributed by atoms with van der Waals surface area (Å²) in [7, 11) is 2.00. The van der Waals surface area contributed by atoms with Gasteiger partial charge in [0.05, 0.1) is 0 Å². The minimum absolute atomic E-state index is 0.521. The van der Waals surface area contributed by atoms with Crippen molar-refractivity contribution in [3.63, 3.8) is 0 Å². The zero-order valence-corrected chi connectivity index (χ0v) is 17.3. The largest absolute Gasteiger partial charge is 0.382 e. The Morgan fingerprint density at radius 2 is 2.04 bits per heavy atom. The lowest BCUT2D eigenvalue weighted by Crippen LogP contribution is -2.42.